The van der Waals surface area contributed by atoms with Crippen molar-refractivity contribution in [2.24, 2.45) is 4.99 Å². The van der Waals surface area contributed by atoms with Crippen LogP contribution in [-0.4, -0.2) is 63.2 Å². The Bertz CT molecular complexity index is 522. The fourth-order valence-electron chi connectivity index (χ4n) is 2.61. The number of nitrogens with one attached hydrogen (secondary N) is 2. The van der Waals surface area contributed by atoms with Crippen molar-refractivity contribution in [2.75, 3.05) is 40.3 Å². The number of likely N-dealkylation sites (N-methyl/N-ethyl adjacent to an activating group) is 1. The topological polar surface area (TPSA) is 79.1 Å². The molecule has 25 heavy (non-hydrogen) atoms. The van der Waals surface area contributed by atoms with E-state index in [1.165, 1.54) is 6.42 Å². The van der Waals surface area contributed by atoms with E-state index in [0.29, 0.717) is 18.6 Å². The lowest BCUT2D eigenvalue weighted by Crippen LogP contribution is -2.41. The van der Waals surface area contributed by atoms with E-state index in [4.69, 9.17) is 9.15 Å². The molecular formula is C18H30N4O3. The molecule has 1 aromatic heterocycles. The molecule has 2 heterocycles. The van der Waals surface area contributed by atoms with Crippen LogP contribution in [0.2, 0.25) is 0 Å². The second-order valence-corrected chi connectivity index (χ2v) is 6.41. The van der Waals surface area contributed by atoms with Crippen molar-refractivity contribution in [3.05, 3.63) is 24.2 Å². The summed E-state index contributed by atoms with van der Waals surface area (Å²) in [6.07, 6.45) is 7.24. The van der Waals surface area contributed by atoms with Gasteiger partial charge in [-0.3, -0.25) is 4.79 Å². The van der Waals surface area contributed by atoms with E-state index in [1.807, 2.05) is 12.1 Å². The van der Waals surface area contributed by atoms with E-state index in [-0.39, 0.29) is 12.5 Å². The minimum Gasteiger partial charge on any atom is -0.469 e. The van der Waals surface area contributed by atoms with E-state index in [0.717, 1.165) is 44.6 Å². The van der Waals surface area contributed by atoms with Crippen LogP contribution >= 0.6 is 0 Å². The van der Waals surface area contributed by atoms with Crippen LogP contribution in [0.5, 0.6) is 0 Å². The van der Waals surface area contributed by atoms with Crippen LogP contribution in [0.4, 0.5) is 0 Å². The molecule has 2 N–H and O–H groups in total. The zero-order chi connectivity index (χ0) is 17.9. The first kappa shape index (κ1) is 19.3. The summed E-state index contributed by atoms with van der Waals surface area (Å²) in [4.78, 5) is 17.7. The lowest BCUT2D eigenvalue weighted by atomic mass is 10.1. The number of rotatable bonds is 8. The molecule has 1 aliphatic heterocycles. The fraction of sp³-hybridized carbons (Fsp3) is 0.667. The molecule has 1 aliphatic rings. The van der Waals surface area contributed by atoms with E-state index in [2.05, 4.69) is 15.6 Å². The molecule has 1 atom stereocenters. The standard InChI is InChI=1S/C18H30N4O3/c1-22(2)17(23)14-21-18(20-11-9-16-7-5-13-25-16)19-10-8-15-6-3-4-12-24-15/h5,7,13,15H,3-4,6,8-12,14H2,1-2H3,(H2,19,20,21). The van der Waals surface area contributed by atoms with Gasteiger partial charge in [-0.2, -0.15) is 0 Å². The summed E-state index contributed by atoms with van der Waals surface area (Å²) >= 11 is 0. The van der Waals surface area contributed by atoms with Gasteiger partial charge >= 0.3 is 0 Å². The van der Waals surface area contributed by atoms with Crippen LogP contribution < -0.4 is 10.6 Å². The second kappa shape index (κ2) is 10.8. The summed E-state index contributed by atoms with van der Waals surface area (Å²) in [5.74, 6) is 1.55. The largest absolute Gasteiger partial charge is 0.469 e. The maximum Gasteiger partial charge on any atom is 0.243 e. The molecule has 0 aliphatic carbocycles. The van der Waals surface area contributed by atoms with Crippen molar-refractivity contribution < 1.29 is 13.9 Å². The minimum atomic E-state index is -0.0252. The smallest absolute Gasteiger partial charge is 0.243 e. The number of aliphatic imine (C=N–C) groups is 1. The molecule has 7 heteroatoms. The first-order valence-electron chi connectivity index (χ1n) is 9.01. The Kier molecular flexibility index (Phi) is 8.31. The van der Waals surface area contributed by atoms with Crippen LogP contribution in [0.3, 0.4) is 0 Å². The number of hydrogen-bond donors (Lipinski definition) is 2. The molecule has 1 saturated heterocycles. The third-order valence-corrected chi connectivity index (χ3v) is 4.15. The van der Waals surface area contributed by atoms with Gasteiger partial charge in [0.05, 0.1) is 12.4 Å². The van der Waals surface area contributed by atoms with Gasteiger partial charge in [-0.25, -0.2) is 4.99 Å². The maximum atomic E-state index is 11.8. The first-order chi connectivity index (χ1) is 12.1. The molecule has 2 rings (SSSR count). The summed E-state index contributed by atoms with van der Waals surface area (Å²) in [6, 6.07) is 3.82. The predicted molar refractivity (Wildman–Crippen MR) is 97.6 cm³/mol. The van der Waals surface area contributed by atoms with Crippen molar-refractivity contribution in [2.45, 2.75) is 38.2 Å². The molecule has 7 nitrogen and oxygen atoms in total. The fourth-order valence-corrected chi connectivity index (χ4v) is 2.61. The predicted octanol–water partition coefficient (Wildman–Crippen LogP) is 1.40. The van der Waals surface area contributed by atoms with Gasteiger partial charge in [0.2, 0.25) is 5.91 Å². The number of guanidine groups is 1. The highest BCUT2D eigenvalue weighted by Crippen LogP contribution is 2.14. The highest BCUT2D eigenvalue weighted by atomic mass is 16.5. The summed E-state index contributed by atoms with van der Waals surface area (Å²) in [6.45, 7) is 2.45. The summed E-state index contributed by atoms with van der Waals surface area (Å²) in [5.41, 5.74) is 0. The number of hydrogen-bond acceptors (Lipinski definition) is 4. The van der Waals surface area contributed by atoms with Gasteiger partial charge in [-0.05, 0) is 37.8 Å². The van der Waals surface area contributed by atoms with Gasteiger partial charge in [0, 0.05) is 40.2 Å². The zero-order valence-electron chi connectivity index (χ0n) is 15.3. The third-order valence-electron chi connectivity index (χ3n) is 4.15. The van der Waals surface area contributed by atoms with Crippen molar-refractivity contribution in [1.82, 2.24) is 15.5 Å². The summed E-state index contributed by atoms with van der Waals surface area (Å²) < 4.78 is 11.1. The monoisotopic (exact) mass is 350 g/mol. The molecule has 0 saturated carbocycles. The van der Waals surface area contributed by atoms with E-state index in [1.54, 1.807) is 25.3 Å². The lowest BCUT2D eigenvalue weighted by Gasteiger charge is -2.23. The van der Waals surface area contributed by atoms with Crippen LogP contribution in [0.25, 0.3) is 0 Å². The third kappa shape index (κ3) is 7.60. The van der Waals surface area contributed by atoms with Crippen molar-refractivity contribution in [3.63, 3.8) is 0 Å². The number of carbonyl (C=O) groups is 1. The van der Waals surface area contributed by atoms with Gasteiger partial charge in [0.1, 0.15) is 12.3 Å². The Labute approximate surface area is 149 Å². The second-order valence-electron chi connectivity index (χ2n) is 6.41. The molecule has 1 aromatic rings. The van der Waals surface area contributed by atoms with Gasteiger partial charge in [-0.15, -0.1) is 0 Å². The van der Waals surface area contributed by atoms with Crippen molar-refractivity contribution in [1.29, 1.82) is 0 Å². The number of furan rings is 1. The number of carbonyl (C=O) groups excluding carboxylic acids is 1. The van der Waals surface area contributed by atoms with Crippen molar-refractivity contribution >= 4 is 11.9 Å². The van der Waals surface area contributed by atoms with Crippen LogP contribution in [0.1, 0.15) is 31.4 Å². The summed E-state index contributed by atoms with van der Waals surface area (Å²) in [5, 5.41) is 6.56. The normalized spacial score (nSPS) is 18.0. The van der Waals surface area contributed by atoms with Crippen LogP contribution in [0.15, 0.2) is 27.8 Å². The van der Waals surface area contributed by atoms with Gasteiger partial charge in [-0.1, -0.05) is 0 Å². The van der Waals surface area contributed by atoms with Crippen molar-refractivity contribution in [3.8, 4) is 0 Å². The van der Waals surface area contributed by atoms with E-state index in [9.17, 15) is 4.79 Å². The van der Waals surface area contributed by atoms with Crippen LogP contribution in [0, 0.1) is 0 Å². The summed E-state index contributed by atoms with van der Waals surface area (Å²) in [7, 11) is 3.46. The average Bonchev–Trinajstić information content (AvgIpc) is 3.13. The Morgan fingerprint density at radius 2 is 2.16 bits per heavy atom. The highest BCUT2D eigenvalue weighted by molar-refractivity contribution is 5.84. The lowest BCUT2D eigenvalue weighted by molar-refractivity contribution is -0.127. The van der Waals surface area contributed by atoms with Gasteiger partial charge < -0.3 is 24.7 Å². The van der Waals surface area contributed by atoms with E-state index >= 15 is 0 Å². The highest BCUT2D eigenvalue weighted by Gasteiger charge is 2.13. The van der Waals surface area contributed by atoms with Gasteiger partial charge in [0.15, 0.2) is 5.96 Å². The quantitative estimate of drug-likeness (QED) is 0.547. The molecule has 0 aromatic carbocycles. The SMILES string of the molecule is CN(C)C(=O)CN=C(NCCc1ccco1)NCCC1CCCCO1. The molecule has 1 fully saturated rings. The molecular weight excluding hydrogens is 320 g/mol. The Morgan fingerprint density at radius 1 is 1.32 bits per heavy atom. The molecule has 1 amide bonds. The minimum absolute atomic E-state index is 0.0252. The van der Waals surface area contributed by atoms with E-state index < -0.39 is 0 Å². The first-order valence-corrected chi connectivity index (χ1v) is 9.01. The zero-order valence-corrected chi connectivity index (χ0v) is 15.3. The maximum absolute atomic E-state index is 11.8. The van der Waals surface area contributed by atoms with Gasteiger partial charge in [0.25, 0.3) is 0 Å². The Hall–Kier alpha value is -2.02. The Morgan fingerprint density at radius 3 is 2.84 bits per heavy atom. The molecule has 140 valence electrons. The molecule has 0 bridgehead atoms. The van der Waals surface area contributed by atoms with Crippen LogP contribution in [-0.2, 0) is 16.0 Å². The number of nitrogens with zero attached hydrogens (tertiary/aromatic N) is 2. The molecule has 0 radical (unpaired) electrons. The number of ether oxygens (including phenoxy) is 1. The molecule has 0 spiro atoms. The number of amides is 1. The Balaban J connectivity index is 1.77. The average molecular weight is 350 g/mol. The molecule has 1 unspecified atom stereocenters.